The van der Waals surface area contributed by atoms with Crippen molar-refractivity contribution in [3.63, 3.8) is 0 Å². The molecule has 36 heavy (non-hydrogen) atoms. The number of benzene rings is 3. The fourth-order valence-electron chi connectivity index (χ4n) is 4.28. The van der Waals surface area contributed by atoms with Crippen LogP contribution in [0.1, 0.15) is 27.1 Å². The van der Waals surface area contributed by atoms with Crippen molar-refractivity contribution >= 4 is 52.4 Å². The Morgan fingerprint density at radius 2 is 1.69 bits per heavy atom. The van der Waals surface area contributed by atoms with Crippen LogP contribution in [-0.4, -0.2) is 35.2 Å². The number of nitro groups is 1. The number of carbonyl (C=O) groups excluding carboxylic acids is 4. The third-order valence-electron chi connectivity index (χ3n) is 5.98. The third-order valence-corrected chi connectivity index (χ3v) is 6.23. The Bertz CT molecular complexity index is 1450. The van der Waals surface area contributed by atoms with Crippen LogP contribution in [0, 0.1) is 16.0 Å². The van der Waals surface area contributed by atoms with E-state index < -0.39 is 34.3 Å². The van der Waals surface area contributed by atoms with Crippen molar-refractivity contribution in [3.8, 4) is 5.75 Å². The van der Waals surface area contributed by atoms with Gasteiger partial charge in [-0.3, -0.25) is 29.3 Å². The zero-order valence-corrected chi connectivity index (χ0v) is 19.2. The molecule has 2 aliphatic rings. The predicted octanol–water partition coefficient (Wildman–Crippen LogP) is 4.01. The summed E-state index contributed by atoms with van der Waals surface area (Å²) in [5.74, 6) is -3.11. The minimum absolute atomic E-state index is 0.0385. The molecular formula is C25H16ClN3O7. The van der Waals surface area contributed by atoms with Gasteiger partial charge in [-0.25, -0.2) is 4.90 Å². The van der Waals surface area contributed by atoms with Crippen molar-refractivity contribution in [2.45, 2.75) is 6.42 Å². The van der Waals surface area contributed by atoms with E-state index in [9.17, 15) is 29.3 Å². The molecule has 0 unspecified atom stereocenters. The second-order valence-corrected chi connectivity index (χ2v) is 8.64. The minimum Gasteiger partial charge on any atom is -0.426 e. The number of hydrogen-bond donors (Lipinski definition) is 0. The van der Waals surface area contributed by atoms with E-state index in [2.05, 4.69) is 0 Å². The predicted molar refractivity (Wildman–Crippen MR) is 128 cm³/mol. The second kappa shape index (κ2) is 8.90. The maximum Gasteiger partial charge on any atom is 0.316 e. The molecule has 2 aliphatic heterocycles. The van der Waals surface area contributed by atoms with Gasteiger partial charge in [0.05, 0.1) is 22.1 Å². The molecule has 11 heteroatoms. The summed E-state index contributed by atoms with van der Waals surface area (Å²) in [6.45, 7) is 0.126. The number of amides is 3. The molecule has 3 aromatic rings. The second-order valence-electron chi connectivity index (χ2n) is 8.20. The summed E-state index contributed by atoms with van der Waals surface area (Å²) in [7, 11) is 0. The summed E-state index contributed by atoms with van der Waals surface area (Å²) in [4.78, 5) is 64.0. The first-order valence-electron chi connectivity index (χ1n) is 10.8. The number of hydrogen-bond acceptors (Lipinski definition) is 7. The number of imide groups is 1. The van der Waals surface area contributed by atoms with Crippen molar-refractivity contribution in [1.82, 2.24) is 0 Å². The Kier molecular flexibility index (Phi) is 5.73. The highest BCUT2D eigenvalue weighted by atomic mass is 35.5. The van der Waals surface area contributed by atoms with Crippen molar-refractivity contribution in [3.05, 3.63) is 93.0 Å². The first-order valence-corrected chi connectivity index (χ1v) is 11.2. The van der Waals surface area contributed by atoms with Crippen LogP contribution >= 0.6 is 11.6 Å². The van der Waals surface area contributed by atoms with E-state index >= 15 is 0 Å². The molecule has 180 valence electrons. The Labute approximate surface area is 208 Å². The van der Waals surface area contributed by atoms with Crippen LogP contribution in [0.4, 0.5) is 17.1 Å². The lowest BCUT2D eigenvalue weighted by Crippen LogP contribution is -2.29. The average Bonchev–Trinajstić information content (AvgIpc) is 3.37. The summed E-state index contributed by atoms with van der Waals surface area (Å²) >= 11 is 5.90. The van der Waals surface area contributed by atoms with Gasteiger partial charge >= 0.3 is 5.97 Å². The van der Waals surface area contributed by atoms with Gasteiger partial charge in [-0.1, -0.05) is 23.7 Å². The topological polar surface area (TPSA) is 127 Å². The number of nitro benzene ring substituents is 1. The normalized spacial score (nSPS) is 16.9. The molecule has 1 saturated heterocycles. The van der Waals surface area contributed by atoms with Gasteiger partial charge in [0.25, 0.3) is 17.5 Å². The molecule has 3 aromatic carbocycles. The fourth-order valence-corrected chi connectivity index (χ4v) is 4.40. The molecule has 10 nitrogen and oxygen atoms in total. The largest absolute Gasteiger partial charge is 0.426 e. The molecule has 3 amide bonds. The Morgan fingerprint density at radius 1 is 0.972 bits per heavy atom. The monoisotopic (exact) mass is 505 g/mol. The first kappa shape index (κ1) is 23.2. The Morgan fingerprint density at radius 3 is 2.42 bits per heavy atom. The van der Waals surface area contributed by atoms with Gasteiger partial charge in [-0.2, -0.15) is 0 Å². The number of fused-ring (bicyclic) bond motifs is 1. The van der Waals surface area contributed by atoms with E-state index in [0.29, 0.717) is 10.7 Å². The minimum atomic E-state index is -0.842. The van der Waals surface area contributed by atoms with Gasteiger partial charge < -0.3 is 9.64 Å². The van der Waals surface area contributed by atoms with Gasteiger partial charge in [-0.05, 0) is 42.5 Å². The van der Waals surface area contributed by atoms with E-state index in [-0.39, 0.29) is 41.4 Å². The summed E-state index contributed by atoms with van der Waals surface area (Å²) in [6, 6.07) is 16.2. The zero-order valence-electron chi connectivity index (χ0n) is 18.4. The standard InChI is InChI=1S/C25H16ClN3O7/c26-15-7-9-16(10-8-15)27-13-14(11-21(27)30)25(33)36-18-4-1-3-17(12-18)28-23(31)19-5-2-6-20(29(34)35)22(19)24(28)32/h1-10,12,14H,11,13H2/t14-/m0/s1. The van der Waals surface area contributed by atoms with E-state index in [4.69, 9.17) is 16.3 Å². The molecule has 0 saturated carbocycles. The highest BCUT2D eigenvalue weighted by Crippen LogP contribution is 2.35. The maximum atomic E-state index is 12.9. The highest BCUT2D eigenvalue weighted by molar-refractivity contribution is 6.35. The van der Waals surface area contributed by atoms with Crippen LogP contribution < -0.4 is 14.5 Å². The number of nitrogens with zero attached hydrogens (tertiary/aromatic N) is 3. The third kappa shape index (κ3) is 3.97. The smallest absolute Gasteiger partial charge is 0.316 e. The first-order chi connectivity index (χ1) is 17.2. The molecule has 0 N–H and O–H groups in total. The molecule has 0 aromatic heterocycles. The number of anilines is 2. The molecule has 2 heterocycles. The number of rotatable bonds is 5. The zero-order chi connectivity index (χ0) is 25.6. The molecule has 0 aliphatic carbocycles. The number of ether oxygens (including phenoxy) is 1. The molecular weight excluding hydrogens is 490 g/mol. The van der Waals surface area contributed by atoms with E-state index in [0.717, 1.165) is 11.0 Å². The van der Waals surface area contributed by atoms with Crippen LogP contribution in [0.3, 0.4) is 0 Å². The van der Waals surface area contributed by atoms with Crippen molar-refractivity contribution in [1.29, 1.82) is 0 Å². The van der Waals surface area contributed by atoms with Gasteiger partial charge in [0.1, 0.15) is 11.3 Å². The van der Waals surface area contributed by atoms with E-state index in [1.165, 1.54) is 41.3 Å². The number of esters is 1. The van der Waals surface area contributed by atoms with E-state index in [1.807, 2.05) is 0 Å². The number of halogens is 1. The quantitative estimate of drug-likeness (QED) is 0.168. The van der Waals surface area contributed by atoms with Crippen molar-refractivity contribution in [2.75, 3.05) is 16.3 Å². The lowest BCUT2D eigenvalue weighted by Gasteiger charge is -2.17. The van der Waals surface area contributed by atoms with Crippen molar-refractivity contribution < 1.29 is 28.8 Å². The fraction of sp³-hybridized carbons (Fsp3) is 0.120. The molecule has 0 bridgehead atoms. The van der Waals surface area contributed by atoms with Gasteiger partial charge in [-0.15, -0.1) is 0 Å². The van der Waals surface area contributed by atoms with Crippen molar-refractivity contribution in [2.24, 2.45) is 5.92 Å². The summed E-state index contributed by atoms with van der Waals surface area (Å²) in [5.41, 5.74) is -0.135. The molecule has 1 fully saturated rings. The highest BCUT2D eigenvalue weighted by Gasteiger charge is 2.42. The van der Waals surface area contributed by atoms with E-state index in [1.54, 1.807) is 24.3 Å². The molecule has 5 rings (SSSR count). The average molecular weight is 506 g/mol. The van der Waals surface area contributed by atoms with Gasteiger partial charge in [0.15, 0.2) is 0 Å². The van der Waals surface area contributed by atoms with Crippen LogP contribution in [-0.2, 0) is 9.59 Å². The summed E-state index contributed by atoms with van der Waals surface area (Å²) < 4.78 is 5.46. The molecule has 1 atom stereocenters. The molecule has 0 radical (unpaired) electrons. The van der Waals surface area contributed by atoms with Crippen LogP contribution in [0.2, 0.25) is 5.02 Å². The number of carbonyl (C=O) groups is 4. The Hall–Kier alpha value is -4.57. The SMILES string of the molecule is O=C(Oc1cccc(N2C(=O)c3cccc([N+](=O)[O-])c3C2=O)c1)[C@H]1CC(=O)N(c2ccc(Cl)cc2)C1. The summed E-state index contributed by atoms with van der Waals surface area (Å²) in [5, 5.41) is 11.9. The van der Waals surface area contributed by atoms with Gasteiger partial charge in [0, 0.05) is 35.8 Å². The van der Waals surface area contributed by atoms with Crippen LogP contribution in [0.15, 0.2) is 66.7 Å². The lowest BCUT2D eigenvalue weighted by atomic mass is 10.1. The molecule has 0 spiro atoms. The maximum absolute atomic E-state index is 12.9. The lowest BCUT2D eigenvalue weighted by molar-refractivity contribution is -0.385. The van der Waals surface area contributed by atoms with Crippen LogP contribution in [0.25, 0.3) is 0 Å². The van der Waals surface area contributed by atoms with Crippen LogP contribution in [0.5, 0.6) is 5.75 Å². The summed E-state index contributed by atoms with van der Waals surface area (Å²) in [6.07, 6.45) is -0.0385. The van der Waals surface area contributed by atoms with Gasteiger partial charge in [0.2, 0.25) is 5.91 Å². The Balaban J connectivity index is 1.34.